The van der Waals surface area contributed by atoms with Gasteiger partial charge in [0.05, 0.1) is 0 Å². The molecule has 1 saturated heterocycles. The Morgan fingerprint density at radius 1 is 1.19 bits per heavy atom. The van der Waals surface area contributed by atoms with Gasteiger partial charge in [-0.1, -0.05) is 43.1 Å². The van der Waals surface area contributed by atoms with Crippen molar-refractivity contribution in [2.24, 2.45) is 11.3 Å². The van der Waals surface area contributed by atoms with Crippen molar-refractivity contribution >= 4 is 15.9 Å². The van der Waals surface area contributed by atoms with E-state index >= 15 is 0 Å². The van der Waals surface area contributed by atoms with Crippen LogP contribution in [-0.2, 0) is 0 Å². The highest BCUT2D eigenvalue weighted by Crippen LogP contribution is 2.31. The molecule has 0 amide bonds. The molecule has 1 unspecified atom stereocenters. The Bertz CT molecular complexity index is 199. The minimum atomic E-state index is 0.403. The maximum absolute atomic E-state index is 3.69. The first kappa shape index (κ1) is 14.5. The third-order valence-electron chi connectivity index (χ3n) is 4.22. The normalized spacial score (nSPS) is 30.4. The van der Waals surface area contributed by atoms with E-state index in [2.05, 4.69) is 55.4 Å². The Hall–Kier alpha value is 0.440. The number of nitrogens with zero attached hydrogens (tertiary/aromatic N) is 1. The zero-order valence-electron chi connectivity index (χ0n) is 11.6. The van der Waals surface area contributed by atoms with Gasteiger partial charge in [0, 0.05) is 24.0 Å². The molecule has 96 valence electrons. The predicted octanol–water partition coefficient (Wildman–Crippen LogP) is 4.31. The lowest BCUT2D eigenvalue weighted by Crippen LogP contribution is -2.48. The molecule has 1 heterocycles. The summed E-state index contributed by atoms with van der Waals surface area (Å²) < 4.78 is 0. The highest BCUT2D eigenvalue weighted by atomic mass is 79.9. The Kier molecular flexibility index (Phi) is 5.31. The lowest BCUT2D eigenvalue weighted by Gasteiger charge is -2.43. The summed E-state index contributed by atoms with van der Waals surface area (Å²) in [5.74, 6) is 0.746. The van der Waals surface area contributed by atoms with Crippen molar-refractivity contribution in [1.29, 1.82) is 0 Å². The van der Waals surface area contributed by atoms with Gasteiger partial charge in [0.1, 0.15) is 0 Å². The van der Waals surface area contributed by atoms with E-state index in [1.807, 2.05) is 0 Å². The number of alkyl halides is 1. The SMILES string of the molecule is C[C@@H]1CCC[C@H](C)N1CC(CBr)C(C)(C)C. The molecule has 3 atom stereocenters. The fourth-order valence-electron chi connectivity index (χ4n) is 2.64. The van der Waals surface area contributed by atoms with Crippen LogP contribution in [0, 0.1) is 11.3 Å². The monoisotopic (exact) mass is 289 g/mol. The van der Waals surface area contributed by atoms with Crippen molar-refractivity contribution in [1.82, 2.24) is 4.90 Å². The van der Waals surface area contributed by atoms with Gasteiger partial charge in [-0.25, -0.2) is 0 Å². The molecule has 0 N–H and O–H groups in total. The first-order chi connectivity index (χ1) is 7.36. The van der Waals surface area contributed by atoms with Gasteiger partial charge in [-0.2, -0.15) is 0 Å². The van der Waals surface area contributed by atoms with Crippen LogP contribution in [0.1, 0.15) is 53.9 Å². The fraction of sp³-hybridized carbons (Fsp3) is 1.00. The van der Waals surface area contributed by atoms with E-state index in [0.29, 0.717) is 5.41 Å². The smallest absolute Gasteiger partial charge is 0.00768 e. The molecule has 1 rings (SSSR count). The summed E-state index contributed by atoms with van der Waals surface area (Å²) in [7, 11) is 0. The summed E-state index contributed by atoms with van der Waals surface area (Å²) in [5.41, 5.74) is 0.403. The highest BCUT2D eigenvalue weighted by Gasteiger charge is 2.31. The average Bonchev–Trinajstić information content (AvgIpc) is 2.15. The van der Waals surface area contributed by atoms with Gasteiger partial charge in [0.25, 0.3) is 0 Å². The average molecular weight is 290 g/mol. The van der Waals surface area contributed by atoms with E-state index in [0.717, 1.165) is 23.3 Å². The van der Waals surface area contributed by atoms with Gasteiger partial charge < -0.3 is 0 Å². The van der Waals surface area contributed by atoms with Crippen LogP contribution in [0.25, 0.3) is 0 Å². The molecule has 1 fully saturated rings. The predicted molar refractivity (Wildman–Crippen MR) is 76.2 cm³/mol. The third-order valence-corrected chi connectivity index (χ3v) is 5.00. The molecule has 2 heteroatoms. The second-order valence-electron chi connectivity index (χ2n) is 6.54. The second-order valence-corrected chi connectivity index (χ2v) is 7.19. The summed E-state index contributed by atoms with van der Waals surface area (Å²) in [6.07, 6.45) is 4.17. The molecule has 0 saturated carbocycles. The first-order valence-electron chi connectivity index (χ1n) is 6.68. The van der Waals surface area contributed by atoms with Crippen molar-refractivity contribution in [2.45, 2.75) is 66.0 Å². The first-order valence-corrected chi connectivity index (χ1v) is 7.80. The summed E-state index contributed by atoms with van der Waals surface area (Å²) in [6, 6.07) is 1.54. The van der Waals surface area contributed by atoms with Gasteiger partial charge in [0.2, 0.25) is 0 Å². The van der Waals surface area contributed by atoms with Gasteiger partial charge in [-0.15, -0.1) is 0 Å². The zero-order valence-corrected chi connectivity index (χ0v) is 13.2. The van der Waals surface area contributed by atoms with Crippen LogP contribution in [-0.4, -0.2) is 28.9 Å². The van der Waals surface area contributed by atoms with E-state index in [9.17, 15) is 0 Å². The van der Waals surface area contributed by atoms with Crippen molar-refractivity contribution in [2.75, 3.05) is 11.9 Å². The molecule has 0 bridgehead atoms. The number of hydrogen-bond acceptors (Lipinski definition) is 1. The molecule has 0 spiro atoms. The lowest BCUT2D eigenvalue weighted by atomic mass is 9.81. The van der Waals surface area contributed by atoms with E-state index < -0.39 is 0 Å². The van der Waals surface area contributed by atoms with Gasteiger partial charge >= 0.3 is 0 Å². The molecule has 0 aromatic heterocycles. The van der Waals surface area contributed by atoms with Crippen LogP contribution in [0.3, 0.4) is 0 Å². The van der Waals surface area contributed by atoms with Crippen LogP contribution >= 0.6 is 15.9 Å². The third kappa shape index (κ3) is 3.73. The van der Waals surface area contributed by atoms with Crippen molar-refractivity contribution in [3.8, 4) is 0 Å². The van der Waals surface area contributed by atoms with Gasteiger partial charge in [0.15, 0.2) is 0 Å². The molecular weight excluding hydrogens is 262 g/mol. The Labute approximate surface area is 110 Å². The van der Waals surface area contributed by atoms with Crippen LogP contribution in [0.4, 0.5) is 0 Å². The second kappa shape index (κ2) is 5.86. The van der Waals surface area contributed by atoms with E-state index in [1.54, 1.807) is 0 Å². The van der Waals surface area contributed by atoms with E-state index in [4.69, 9.17) is 0 Å². The van der Waals surface area contributed by atoms with E-state index in [-0.39, 0.29) is 0 Å². The molecule has 16 heavy (non-hydrogen) atoms. The molecular formula is C14H28BrN. The number of piperidine rings is 1. The Balaban J connectivity index is 2.62. The number of rotatable bonds is 3. The fourth-order valence-corrected chi connectivity index (χ4v) is 3.82. The molecule has 1 nitrogen and oxygen atoms in total. The van der Waals surface area contributed by atoms with Crippen molar-refractivity contribution in [3.05, 3.63) is 0 Å². The quantitative estimate of drug-likeness (QED) is 0.700. The highest BCUT2D eigenvalue weighted by molar-refractivity contribution is 9.09. The molecule has 0 aromatic carbocycles. The van der Waals surface area contributed by atoms with Crippen molar-refractivity contribution < 1.29 is 0 Å². The Morgan fingerprint density at radius 3 is 2.06 bits per heavy atom. The minimum Gasteiger partial charge on any atom is -0.298 e. The molecule has 0 radical (unpaired) electrons. The molecule has 1 aliphatic heterocycles. The van der Waals surface area contributed by atoms with Crippen LogP contribution < -0.4 is 0 Å². The summed E-state index contributed by atoms with van der Waals surface area (Å²) in [5, 5.41) is 1.12. The molecule has 1 aliphatic rings. The number of likely N-dealkylation sites (tertiary alicyclic amines) is 1. The molecule has 0 aliphatic carbocycles. The van der Waals surface area contributed by atoms with Crippen LogP contribution in [0.15, 0.2) is 0 Å². The standard InChI is InChI=1S/C14H28BrN/c1-11-7-6-8-12(2)16(11)10-13(9-15)14(3,4)5/h11-13H,6-10H2,1-5H3/t11-,12+,13?. The zero-order chi connectivity index (χ0) is 12.3. The van der Waals surface area contributed by atoms with Crippen molar-refractivity contribution in [3.63, 3.8) is 0 Å². The Morgan fingerprint density at radius 2 is 1.69 bits per heavy atom. The number of halogens is 1. The largest absolute Gasteiger partial charge is 0.298 e. The maximum atomic E-state index is 3.69. The number of hydrogen-bond donors (Lipinski definition) is 0. The van der Waals surface area contributed by atoms with Crippen LogP contribution in [0.2, 0.25) is 0 Å². The minimum absolute atomic E-state index is 0.403. The topological polar surface area (TPSA) is 3.24 Å². The lowest BCUT2D eigenvalue weighted by molar-refractivity contribution is 0.0635. The molecule has 0 aromatic rings. The summed E-state index contributed by atoms with van der Waals surface area (Å²) >= 11 is 3.69. The summed E-state index contributed by atoms with van der Waals surface area (Å²) in [4.78, 5) is 2.72. The summed E-state index contributed by atoms with van der Waals surface area (Å²) in [6.45, 7) is 13.1. The van der Waals surface area contributed by atoms with E-state index in [1.165, 1.54) is 25.8 Å². The van der Waals surface area contributed by atoms with Gasteiger partial charge in [-0.05, 0) is 38.0 Å². The van der Waals surface area contributed by atoms with Gasteiger partial charge in [-0.3, -0.25) is 4.90 Å². The van der Waals surface area contributed by atoms with Crippen LogP contribution in [0.5, 0.6) is 0 Å². The maximum Gasteiger partial charge on any atom is 0.00768 e.